The van der Waals surface area contributed by atoms with Gasteiger partial charge in [-0.2, -0.15) is 0 Å². The number of aromatic amines is 1. The number of hydrogen-bond acceptors (Lipinski definition) is 25. The van der Waals surface area contributed by atoms with Crippen LogP contribution in [0.2, 0.25) is 0 Å². The number of amides is 19. The predicted octanol–water partition coefficient (Wildman–Crippen LogP) is -7.75. The third kappa shape index (κ3) is 35.2. The lowest BCUT2D eigenvalue weighted by molar-refractivity contribution is -0.146. The fourth-order valence-corrected chi connectivity index (χ4v) is 15.8. The molecule has 0 spiro atoms. The van der Waals surface area contributed by atoms with Crippen LogP contribution in [-0.2, 0) is 115 Å². The second-order valence-electron chi connectivity index (χ2n) is 36.1. The molecule has 19 amide bonds. The number of hydrogen-bond donors (Lipinski definition) is 27. The third-order valence-electron chi connectivity index (χ3n) is 23.9. The SMILES string of the molecule is CC[C@H](C)[C@@H]1NC(=O)[C@H](CC(N)=O)NC(=O)[C@H](CCCNC(=N)N)NC(=O)[C@H](Cc2ccccc2)NC(=O)[C@H](Cc2ccccc2)NC(=O)[C@H](Cc2cnc[nH]2)NC(=O)[C@H](C(C)C)NC(=O)[C@H](C(C)C)NC(=O)[C@@H]2CCCN2C(=O)[C@H](C(N)=O)NC(=O)[C@H](CCC(=O)O)NC(=O)[C@@H]2CCCN2C(=O)[C@H]([C@@H](C)O)NC(=O)[C@H](CCCNC(=N)N)NC(=O)[C@H](C)NC(=O)[C@H]([C@@H](C)O)NC(=O)[C@H](C(C)C)NC1=O. The van der Waals surface area contributed by atoms with Crippen molar-refractivity contribution in [2.45, 2.75) is 287 Å². The van der Waals surface area contributed by atoms with Gasteiger partial charge in [0.15, 0.2) is 18.0 Å². The molecule has 3 aromatic rings. The number of rotatable bonds is 27. The number of carboxylic acid groups (broad SMARTS) is 1. The molecule has 770 valence electrons. The van der Waals surface area contributed by atoms with Gasteiger partial charge >= 0.3 is 5.97 Å². The topological polar surface area (TPSA) is 794 Å². The van der Waals surface area contributed by atoms with Gasteiger partial charge in [-0.15, -0.1) is 0 Å². The van der Waals surface area contributed by atoms with Crippen LogP contribution in [0.25, 0.3) is 0 Å². The molecule has 0 radical (unpaired) electrons. The molecule has 3 saturated heterocycles. The number of nitrogens with two attached hydrogens (primary N) is 4. The molecule has 3 aliphatic heterocycles. The standard InChI is InChI=1S/C90H137N27O23/c1-12-46(8)67-85(137)111-66(45(6)7)84(136)113-68(48(10)118)86(138)101-47(9)72(124)102-54(28-20-34-99-90(95)96)74(126)114-69(49(11)119)87(139)116-35-21-29-60(116)80(132)104-55(31-32-63(121)122)75(127)115-70(71(92)123)88(140)117-36-22-30-61(117)81(133)109-65(44(4)5)83(135)110-64(43(2)3)82(134)108-58(39-52-41-97-42-100-52)78(130)106-57(38-51-25-17-14-18-26-51)77(129)105-56(37-50-23-15-13-16-24-50)76(128)103-53(27-19-33-98-89(93)94)73(125)107-59(40-62(91)120)79(131)112-67/h13-18,23-26,41-49,53-61,64-70,118-119H,12,19-22,27-40H2,1-11H3,(H2,91,120)(H2,92,123)(H,97,100)(H,101,138)(H,102,124)(H,103,128)(H,104,132)(H,105,129)(H,106,130)(H,107,125)(H,108,134)(H,109,133)(H,110,135)(H,111,137)(H,112,131)(H,113,136)(H,114,126)(H,115,127)(H,121,122)(H4,93,94,98)(H4,95,96,99)/t46-,47-,48+,49+,53-,54-,55-,56-,57-,58-,59-,60-,61-,64-,65-,66-,67-,68-,69-,70-/m0/s1. The molecule has 3 fully saturated rings. The molecule has 0 unspecified atom stereocenters. The first-order valence-corrected chi connectivity index (χ1v) is 46.6. The van der Waals surface area contributed by atoms with Crippen LogP contribution in [0.5, 0.6) is 0 Å². The molecular formula is C90H137N27O23. The number of aliphatic hydroxyl groups is 2. The Labute approximate surface area is 809 Å². The van der Waals surface area contributed by atoms with Crippen LogP contribution in [0.15, 0.2) is 73.2 Å². The molecule has 140 heavy (non-hydrogen) atoms. The predicted molar refractivity (Wildman–Crippen MR) is 502 cm³/mol. The van der Waals surface area contributed by atoms with Gasteiger partial charge in [-0.25, -0.2) is 4.98 Å². The summed E-state index contributed by atoms with van der Waals surface area (Å²) in [4.78, 5) is 298. The Hall–Kier alpha value is -14.5. The quantitative estimate of drug-likeness (QED) is 0.0146. The number of guanidine groups is 2. The average Bonchev–Trinajstić information content (AvgIpc) is 1.64. The van der Waals surface area contributed by atoms with E-state index in [2.05, 4.69) is 100 Å². The van der Waals surface area contributed by atoms with Crippen LogP contribution in [0.1, 0.15) is 170 Å². The number of primary amides is 2. The largest absolute Gasteiger partial charge is 0.481 e. The zero-order valence-corrected chi connectivity index (χ0v) is 80.3. The zero-order chi connectivity index (χ0) is 104. The number of aromatic nitrogens is 2. The summed E-state index contributed by atoms with van der Waals surface area (Å²) in [6, 6.07) is -12.7. The lowest BCUT2D eigenvalue weighted by atomic mass is 9.95. The van der Waals surface area contributed by atoms with Gasteiger partial charge in [-0.05, 0) is 113 Å². The molecule has 0 bridgehead atoms. The van der Waals surface area contributed by atoms with E-state index in [1.807, 2.05) is 0 Å². The first kappa shape index (κ1) is 114. The minimum Gasteiger partial charge on any atom is -0.481 e. The highest BCUT2D eigenvalue weighted by molar-refractivity contribution is 6.09. The fourth-order valence-electron chi connectivity index (χ4n) is 15.8. The Bertz CT molecular complexity index is 4870. The number of aliphatic carboxylic acids is 1. The van der Waals surface area contributed by atoms with Crippen LogP contribution in [-0.4, -0.2) is 306 Å². The van der Waals surface area contributed by atoms with Gasteiger partial charge in [0.2, 0.25) is 106 Å². The highest BCUT2D eigenvalue weighted by Gasteiger charge is 2.47. The number of fused-ring (bicyclic) bond motifs is 2. The number of carbonyl (C=O) groups is 20. The number of carboxylic acids is 1. The Morgan fingerprint density at radius 1 is 0.429 bits per heavy atom. The molecule has 4 heterocycles. The van der Waals surface area contributed by atoms with Gasteiger partial charge in [-0.1, -0.05) is 122 Å². The summed E-state index contributed by atoms with van der Waals surface area (Å²) in [5.41, 5.74) is 23.8. The van der Waals surface area contributed by atoms with Gasteiger partial charge in [0.1, 0.15) is 96.7 Å². The van der Waals surface area contributed by atoms with Crippen molar-refractivity contribution in [1.82, 2.24) is 110 Å². The number of aliphatic hydroxyl groups excluding tert-OH is 2. The minimum absolute atomic E-state index is 0.0420. The van der Waals surface area contributed by atoms with E-state index in [9.17, 15) is 96.8 Å². The van der Waals surface area contributed by atoms with Crippen LogP contribution in [0.4, 0.5) is 0 Å². The summed E-state index contributed by atoms with van der Waals surface area (Å²) >= 11 is 0. The fraction of sp³-hybridized carbons (Fsp3) is 0.589. The van der Waals surface area contributed by atoms with Gasteiger partial charge < -0.3 is 143 Å². The molecule has 50 nitrogen and oxygen atoms in total. The van der Waals surface area contributed by atoms with Crippen molar-refractivity contribution >= 4 is 130 Å². The Morgan fingerprint density at radius 2 is 0.786 bits per heavy atom. The van der Waals surface area contributed by atoms with E-state index >= 15 is 14.4 Å². The van der Waals surface area contributed by atoms with E-state index in [0.29, 0.717) is 11.1 Å². The van der Waals surface area contributed by atoms with Crippen molar-refractivity contribution in [3.05, 3.63) is 90.0 Å². The summed E-state index contributed by atoms with van der Waals surface area (Å²) < 4.78 is 0. The van der Waals surface area contributed by atoms with Crippen molar-refractivity contribution in [3.8, 4) is 0 Å². The summed E-state index contributed by atoms with van der Waals surface area (Å²) in [6.45, 7) is 15.1. The molecular weight excluding hydrogens is 1830 g/mol. The van der Waals surface area contributed by atoms with Gasteiger partial charge in [0.25, 0.3) is 5.91 Å². The van der Waals surface area contributed by atoms with E-state index in [1.165, 1.54) is 33.3 Å². The van der Waals surface area contributed by atoms with E-state index in [-0.39, 0.29) is 109 Å². The van der Waals surface area contributed by atoms with E-state index in [4.69, 9.17) is 33.8 Å². The first-order chi connectivity index (χ1) is 66.0. The zero-order valence-electron chi connectivity index (χ0n) is 80.3. The van der Waals surface area contributed by atoms with E-state index < -0.39 is 288 Å². The number of carbonyl (C=O) groups excluding carboxylic acids is 19. The van der Waals surface area contributed by atoms with Crippen molar-refractivity contribution in [3.63, 3.8) is 0 Å². The van der Waals surface area contributed by atoms with Gasteiger partial charge in [0.05, 0.1) is 25.0 Å². The molecule has 20 atom stereocenters. The molecule has 0 saturated carbocycles. The summed E-state index contributed by atoms with van der Waals surface area (Å²) in [7, 11) is 0. The highest BCUT2D eigenvalue weighted by Crippen LogP contribution is 2.24. The van der Waals surface area contributed by atoms with Crippen molar-refractivity contribution < 1.29 is 111 Å². The van der Waals surface area contributed by atoms with Gasteiger partial charge in [-0.3, -0.25) is 107 Å². The molecule has 0 aliphatic carbocycles. The maximum atomic E-state index is 15.3. The monoisotopic (exact) mass is 1960 g/mol. The summed E-state index contributed by atoms with van der Waals surface area (Å²) in [6.07, 6.45) is -4.95. The minimum atomic E-state index is -2.32. The van der Waals surface area contributed by atoms with Crippen LogP contribution in [0.3, 0.4) is 0 Å². The molecule has 2 aromatic carbocycles. The molecule has 50 heteroatoms. The third-order valence-corrected chi connectivity index (χ3v) is 23.9. The molecule has 1 aromatic heterocycles. The lowest BCUT2D eigenvalue weighted by Crippen LogP contribution is -2.63. The van der Waals surface area contributed by atoms with Crippen molar-refractivity contribution in [2.75, 3.05) is 26.2 Å². The number of nitrogens with one attached hydrogen (secondary N) is 20. The maximum absolute atomic E-state index is 15.3. The number of nitrogens with zero attached hydrogens (tertiary/aromatic N) is 3. The average molecular weight is 1970 g/mol. The second-order valence-corrected chi connectivity index (χ2v) is 36.1. The van der Waals surface area contributed by atoms with Gasteiger partial charge in [0, 0.05) is 63.8 Å². The number of imidazole rings is 1. The lowest BCUT2D eigenvalue weighted by Gasteiger charge is -2.32. The Morgan fingerprint density at radius 3 is 1.22 bits per heavy atom. The van der Waals surface area contributed by atoms with E-state index in [1.54, 1.807) is 95.3 Å². The Kier molecular flexibility index (Phi) is 45.0. The molecule has 6 rings (SSSR count). The number of H-pyrrole nitrogens is 1. The second kappa shape index (κ2) is 55.2. The van der Waals surface area contributed by atoms with Crippen LogP contribution < -0.4 is 113 Å². The van der Waals surface area contributed by atoms with Crippen molar-refractivity contribution in [1.29, 1.82) is 10.8 Å². The van der Waals surface area contributed by atoms with Crippen molar-refractivity contribution in [2.24, 2.45) is 46.6 Å². The molecule has 3 aliphatic rings. The van der Waals surface area contributed by atoms with Crippen LogP contribution in [0, 0.1) is 34.5 Å². The van der Waals surface area contributed by atoms with Crippen LogP contribution >= 0.6 is 0 Å². The summed E-state index contributed by atoms with van der Waals surface area (Å²) in [5, 5.41) is 90.6. The summed E-state index contributed by atoms with van der Waals surface area (Å²) in [5.74, 6) is -27.0. The maximum Gasteiger partial charge on any atom is 0.303 e. The molecule has 31 N–H and O–H groups in total. The smallest absolute Gasteiger partial charge is 0.303 e. The number of benzene rings is 2. The highest BCUT2D eigenvalue weighted by atomic mass is 16.4. The first-order valence-electron chi connectivity index (χ1n) is 46.6. The Balaban J connectivity index is 1.44. The van der Waals surface area contributed by atoms with E-state index in [0.717, 1.165) is 30.6 Å². The normalized spacial score (nSPS) is 26.2.